The maximum absolute atomic E-state index is 13.0. The number of nitrogens with one attached hydrogen (secondary N) is 1. The van der Waals surface area contributed by atoms with Gasteiger partial charge in [0.05, 0.1) is 5.69 Å². The monoisotopic (exact) mass is 341 g/mol. The molecule has 1 fully saturated rings. The molecule has 1 aliphatic rings. The highest BCUT2D eigenvalue weighted by atomic mass is 32.1. The molecule has 0 unspecified atom stereocenters. The number of fused-ring (bicyclic) bond motifs is 1. The van der Waals surface area contributed by atoms with Gasteiger partial charge in [0.15, 0.2) is 11.3 Å². The van der Waals surface area contributed by atoms with Crippen LogP contribution >= 0.6 is 11.3 Å². The van der Waals surface area contributed by atoms with Gasteiger partial charge in [-0.05, 0) is 39.7 Å². The topological polar surface area (TPSA) is 72.7 Å². The predicted octanol–water partition coefficient (Wildman–Crippen LogP) is 3.46. The first-order valence-electron chi connectivity index (χ1n) is 8.03. The molecule has 0 atom stereocenters. The molecule has 0 bridgehead atoms. The van der Waals surface area contributed by atoms with Gasteiger partial charge in [-0.3, -0.25) is 9.36 Å². The van der Waals surface area contributed by atoms with Crippen LogP contribution in [0.1, 0.15) is 39.7 Å². The molecule has 0 aromatic carbocycles. The van der Waals surface area contributed by atoms with Gasteiger partial charge in [-0.2, -0.15) is 0 Å². The van der Waals surface area contributed by atoms with Crippen molar-refractivity contribution >= 4 is 28.2 Å². The number of aromatic nitrogens is 4. The summed E-state index contributed by atoms with van der Waals surface area (Å²) < 4.78 is 1.80. The summed E-state index contributed by atoms with van der Waals surface area (Å²) in [6, 6.07) is 2.13. The molecule has 0 radical (unpaired) electrons. The lowest BCUT2D eigenvalue weighted by Gasteiger charge is -2.23. The van der Waals surface area contributed by atoms with Crippen LogP contribution in [0.3, 0.4) is 0 Å². The van der Waals surface area contributed by atoms with Gasteiger partial charge in [-0.15, -0.1) is 11.3 Å². The Morgan fingerprint density at radius 3 is 2.67 bits per heavy atom. The van der Waals surface area contributed by atoms with Crippen LogP contribution in [0.2, 0.25) is 0 Å². The third-order valence-electron chi connectivity index (χ3n) is 3.83. The minimum absolute atomic E-state index is 0.0969. The maximum Gasteiger partial charge on any atom is 0.281 e. The van der Waals surface area contributed by atoms with Crippen molar-refractivity contribution < 1.29 is 0 Å². The van der Waals surface area contributed by atoms with Gasteiger partial charge < -0.3 is 5.32 Å². The second kappa shape index (κ2) is 5.37. The van der Waals surface area contributed by atoms with Crippen molar-refractivity contribution in [1.82, 2.24) is 19.5 Å². The highest BCUT2D eigenvalue weighted by molar-refractivity contribution is 7.13. The van der Waals surface area contributed by atoms with E-state index in [0.29, 0.717) is 16.3 Å². The summed E-state index contributed by atoms with van der Waals surface area (Å²) >= 11 is 1.43. The van der Waals surface area contributed by atoms with Gasteiger partial charge >= 0.3 is 0 Å². The van der Waals surface area contributed by atoms with E-state index in [4.69, 9.17) is 0 Å². The smallest absolute Gasteiger partial charge is 0.281 e. The quantitative estimate of drug-likeness (QED) is 0.790. The van der Waals surface area contributed by atoms with E-state index in [-0.39, 0.29) is 17.1 Å². The van der Waals surface area contributed by atoms with Crippen LogP contribution in [-0.4, -0.2) is 25.1 Å². The average molecular weight is 341 g/mol. The summed E-state index contributed by atoms with van der Waals surface area (Å²) in [5, 5.41) is 5.98. The number of thiazole rings is 1. The van der Waals surface area contributed by atoms with Crippen molar-refractivity contribution in [2.75, 3.05) is 5.32 Å². The van der Waals surface area contributed by atoms with E-state index in [1.54, 1.807) is 17.0 Å². The van der Waals surface area contributed by atoms with Crippen LogP contribution < -0.4 is 10.9 Å². The Hall–Kier alpha value is -2.28. The lowest BCUT2D eigenvalue weighted by atomic mass is 10.1. The van der Waals surface area contributed by atoms with E-state index >= 15 is 0 Å². The Labute approximate surface area is 143 Å². The number of anilines is 1. The molecule has 0 spiro atoms. The highest BCUT2D eigenvalue weighted by Gasteiger charge is 2.30. The molecule has 4 rings (SSSR count). The van der Waals surface area contributed by atoms with E-state index < -0.39 is 0 Å². The van der Waals surface area contributed by atoms with Gasteiger partial charge in [0, 0.05) is 29.4 Å². The average Bonchev–Trinajstić information content (AvgIpc) is 3.19. The number of hydrogen-bond acceptors (Lipinski definition) is 6. The number of pyridine rings is 1. The molecule has 1 saturated carbocycles. The number of hydrogen-bond donors (Lipinski definition) is 1. The van der Waals surface area contributed by atoms with Gasteiger partial charge in [-0.25, -0.2) is 15.0 Å². The second-order valence-electron chi connectivity index (χ2n) is 7.11. The van der Waals surface area contributed by atoms with Crippen molar-refractivity contribution in [3.63, 3.8) is 0 Å². The lowest BCUT2D eigenvalue weighted by molar-refractivity contribution is 0.634. The normalized spacial score (nSPS) is 15.0. The zero-order valence-corrected chi connectivity index (χ0v) is 14.7. The third kappa shape index (κ3) is 2.69. The fourth-order valence-corrected chi connectivity index (χ4v) is 3.37. The predicted molar refractivity (Wildman–Crippen MR) is 96.6 cm³/mol. The van der Waals surface area contributed by atoms with Crippen molar-refractivity contribution in [1.29, 1.82) is 0 Å². The fourth-order valence-electron chi connectivity index (χ4n) is 2.76. The molecule has 3 aromatic heterocycles. The van der Waals surface area contributed by atoms with E-state index in [9.17, 15) is 4.79 Å². The van der Waals surface area contributed by atoms with Crippen LogP contribution in [0.25, 0.3) is 21.9 Å². The van der Waals surface area contributed by atoms with Crippen LogP contribution in [0, 0.1) is 0 Å². The molecule has 3 heterocycles. The van der Waals surface area contributed by atoms with E-state index in [1.165, 1.54) is 11.3 Å². The Balaban J connectivity index is 2.03. The molecular weight excluding hydrogens is 322 g/mol. The van der Waals surface area contributed by atoms with Crippen molar-refractivity contribution in [3.8, 4) is 10.7 Å². The molecule has 1 N–H and O–H groups in total. The first-order valence-corrected chi connectivity index (χ1v) is 8.91. The van der Waals surface area contributed by atoms with Gasteiger partial charge in [0.2, 0.25) is 0 Å². The van der Waals surface area contributed by atoms with Crippen molar-refractivity contribution in [2.24, 2.45) is 0 Å². The molecule has 24 heavy (non-hydrogen) atoms. The highest BCUT2D eigenvalue weighted by Crippen LogP contribution is 2.37. The summed E-state index contributed by atoms with van der Waals surface area (Å²) in [5.41, 5.74) is 2.47. The minimum atomic E-state index is -0.113. The Morgan fingerprint density at radius 2 is 2.04 bits per heavy atom. The van der Waals surface area contributed by atoms with Crippen LogP contribution in [0.15, 0.2) is 28.6 Å². The second-order valence-corrected chi connectivity index (χ2v) is 8.00. The standard InChI is InChI=1S/C17H19N5OS/c1-17(2,3)21-11-6-7-18-14-12(11)20-13(15-19-8-9-24-15)16(23)22(14)10-4-5-10/h6-10H,4-5H2,1-3H3,(H,18,21). The minimum Gasteiger partial charge on any atom is -0.379 e. The van der Waals surface area contributed by atoms with E-state index in [1.807, 2.05) is 11.4 Å². The van der Waals surface area contributed by atoms with Crippen LogP contribution in [-0.2, 0) is 0 Å². The van der Waals surface area contributed by atoms with Crippen molar-refractivity contribution in [2.45, 2.75) is 45.2 Å². The molecule has 0 saturated heterocycles. The summed E-state index contributed by atoms with van der Waals surface area (Å²) in [7, 11) is 0. The Bertz CT molecular complexity index is 952. The Kier molecular flexibility index (Phi) is 3.42. The first kappa shape index (κ1) is 15.3. The van der Waals surface area contributed by atoms with Gasteiger partial charge in [-0.1, -0.05) is 0 Å². The molecule has 1 aliphatic carbocycles. The third-order valence-corrected chi connectivity index (χ3v) is 4.61. The number of nitrogens with zero attached hydrogens (tertiary/aromatic N) is 4. The zero-order valence-electron chi connectivity index (χ0n) is 13.9. The summed E-state index contributed by atoms with van der Waals surface area (Å²) in [6.45, 7) is 6.29. The first-order chi connectivity index (χ1) is 11.4. The summed E-state index contributed by atoms with van der Waals surface area (Å²) in [6.07, 6.45) is 5.45. The van der Waals surface area contributed by atoms with E-state index in [2.05, 4.69) is 41.0 Å². The molecule has 7 heteroatoms. The van der Waals surface area contributed by atoms with Gasteiger partial charge in [0.1, 0.15) is 10.5 Å². The lowest BCUT2D eigenvalue weighted by Crippen LogP contribution is -2.28. The largest absolute Gasteiger partial charge is 0.379 e. The SMILES string of the molecule is CC(C)(C)Nc1ccnc2c1nc(-c1nccs1)c(=O)n2C1CC1. The molecule has 6 nitrogen and oxygen atoms in total. The molecule has 3 aromatic rings. The van der Waals surface area contributed by atoms with Crippen LogP contribution in [0.4, 0.5) is 5.69 Å². The summed E-state index contributed by atoms with van der Waals surface area (Å²) in [5.74, 6) is 0. The van der Waals surface area contributed by atoms with Gasteiger partial charge in [0.25, 0.3) is 5.56 Å². The van der Waals surface area contributed by atoms with E-state index in [0.717, 1.165) is 24.0 Å². The molecular formula is C17H19N5OS. The molecule has 124 valence electrons. The number of rotatable bonds is 3. The zero-order chi connectivity index (χ0) is 16.9. The van der Waals surface area contributed by atoms with Crippen LogP contribution in [0.5, 0.6) is 0 Å². The molecule has 0 aliphatic heterocycles. The molecule has 0 amide bonds. The maximum atomic E-state index is 13.0. The van der Waals surface area contributed by atoms with Crippen molar-refractivity contribution in [3.05, 3.63) is 34.2 Å². The summed E-state index contributed by atoms with van der Waals surface area (Å²) in [4.78, 5) is 26.4. The Morgan fingerprint density at radius 1 is 1.25 bits per heavy atom. The fraction of sp³-hybridized carbons (Fsp3) is 0.412.